The number of nitrogens with zero attached hydrogens (tertiary/aromatic N) is 6. The number of hydrogen-bond donors (Lipinski definition) is 2. The molecule has 0 bridgehead atoms. The van der Waals surface area contributed by atoms with E-state index < -0.39 is 11.2 Å². The van der Waals surface area contributed by atoms with Crippen LogP contribution in [0.2, 0.25) is 0 Å². The van der Waals surface area contributed by atoms with Gasteiger partial charge in [-0.2, -0.15) is 9.65 Å². The number of anilines is 1. The highest BCUT2D eigenvalue weighted by molar-refractivity contribution is 7.94. The number of pyridine rings is 1. The summed E-state index contributed by atoms with van der Waals surface area (Å²) >= 11 is 0.644. The Balaban J connectivity index is 1.59. The van der Waals surface area contributed by atoms with Crippen molar-refractivity contribution in [2.24, 2.45) is 7.05 Å². The van der Waals surface area contributed by atoms with Gasteiger partial charge in [-0.05, 0) is 31.4 Å². The molecule has 156 valence electrons. The second-order valence-electron chi connectivity index (χ2n) is 7.72. The average molecular weight is 451 g/mol. The molecule has 0 spiro atoms. The van der Waals surface area contributed by atoms with Gasteiger partial charge >= 0.3 is 0 Å². The maximum absolute atomic E-state index is 11.0. The number of aromatic nitrogens is 6. The smallest absolute Gasteiger partial charge is 0.269 e. The molecule has 1 aliphatic rings. The van der Waals surface area contributed by atoms with Crippen LogP contribution in [0.1, 0.15) is 19.3 Å². The Morgan fingerprint density at radius 1 is 1.26 bits per heavy atom. The first kappa shape index (κ1) is 18.8. The highest BCUT2D eigenvalue weighted by Gasteiger charge is 2.41. The summed E-state index contributed by atoms with van der Waals surface area (Å²) in [5.41, 5.74) is 10.8. The summed E-state index contributed by atoms with van der Waals surface area (Å²) in [4.78, 5) is 14.4. The maximum atomic E-state index is 11.0. The SMILES string of the molecule is Cn1nccc1-c1cc(-c2cnc3nccn3c2)nc2sc([S+](O)C3CCC3)c(N)c12. The largest absolute Gasteiger partial charge is 0.393 e. The van der Waals surface area contributed by atoms with Gasteiger partial charge in [-0.25, -0.2) is 15.0 Å². The summed E-state index contributed by atoms with van der Waals surface area (Å²) in [7, 11) is 1.91. The molecule has 5 aromatic heterocycles. The molecule has 1 atom stereocenters. The zero-order chi connectivity index (χ0) is 21.1. The minimum atomic E-state index is -0.854. The molecule has 1 unspecified atom stereocenters. The fourth-order valence-electron chi connectivity index (χ4n) is 3.94. The summed E-state index contributed by atoms with van der Waals surface area (Å²) in [6.45, 7) is 0. The molecule has 0 radical (unpaired) electrons. The van der Waals surface area contributed by atoms with Crippen molar-refractivity contribution in [3.8, 4) is 22.5 Å². The lowest BCUT2D eigenvalue weighted by Crippen LogP contribution is -2.28. The summed E-state index contributed by atoms with van der Waals surface area (Å²) in [5.74, 6) is 0.643. The van der Waals surface area contributed by atoms with Crippen LogP contribution in [0.15, 0.2) is 47.3 Å². The summed E-state index contributed by atoms with van der Waals surface area (Å²) in [5, 5.41) is 5.54. The molecule has 10 heteroatoms. The number of hydrogen-bond acceptors (Lipinski definition) is 7. The van der Waals surface area contributed by atoms with Crippen molar-refractivity contribution in [3.63, 3.8) is 0 Å². The fraction of sp³-hybridized carbons (Fsp3) is 0.238. The van der Waals surface area contributed by atoms with Crippen LogP contribution in [0.4, 0.5) is 5.69 Å². The van der Waals surface area contributed by atoms with Gasteiger partial charge in [0.2, 0.25) is 5.78 Å². The van der Waals surface area contributed by atoms with Crippen molar-refractivity contribution in [1.82, 2.24) is 29.1 Å². The van der Waals surface area contributed by atoms with Gasteiger partial charge in [0.15, 0.2) is 16.4 Å². The van der Waals surface area contributed by atoms with E-state index in [0.717, 1.165) is 49.8 Å². The normalized spacial score (nSPS) is 15.5. The lowest BCUT2D eigenvalue weighted by molar-refractivity contribution is 0.487. The Kier molecular flexibility index (Phi) is 4.27. The average Bonchev–Trinajstić information content (AvgIpc) is 3.44. The molecule has 0 amide bonds. The highest BCUT2D eigenvalue weighted by Crippen LogP contribution is 2.45. The van der Waals surface area contributed by atoms with Crippen LogP contribution < -0.4 is 5.73 Å². The lowest BCUT2D eigenvalue weighted by Gasteiger charge is -2.19. The fourth-order valence-corrected chi connectivity index (χ4v) is 7.19. The molecule has 1 saturated carbocycles. The molecule has 5 aromatic rings. The summed E-state index contributed by atoms with van der Waals surface area (Å²) in [6.07, 6.45) is 12.4. The number of fused-ring (bicyclic) bond motifs is 2. The van der Waals surface area contributed by atoms with E-state index in [1.54, 1.807) is 18.6 Å². The van der Waals surface area contributed by atoms with Crippen molar-refractivity contribution < 1.29 is 4.55 Å². The number of nitrogens with two attached hydrogens (primary N) is 1. The van der Waals surface area contributed by atoms with Crippen LogP contribution >= 0.6 is 11.3 Å². The number of nitrogen functional groups attached to an aromatic ring is 1. The van der Waals surface area contributed by atoms with Gasteiger partial charge in [0.25, 0.3) is 4.21 Å². The van der Waals surface area contributed by atoms with Crippen LogP contribution in [0.25, 0.3) is 38.5 Å². The van der Waals surface area contributed by atoms with Crippen LogP contribution in [0.5, 0.6) is 0 Å². The maximum Gasteiger partial charge on any atom is 0.269 e. The van der Waals surface area contributed by atoms with E-state index in [1.165, 1.54) is 17.8 Å². The van der Waals surface area contributed by atoms with Crippen LogP contribution in [-0.2, 0) is 18.2 Å². The van der Waals surface area contributed by atoms with E-state index in [2.05, 4.69) is 15.1 Å². The van der Waals surface area contributed by atoms with Crippen LogP contribution in [-0.4, -0.2) is 38.9 Å². The van der Waals surface area contributed by atoms with E-state index in [0.29, 0.717) is 16.7 Å². The molecular weight excluding hydrogens is 430 g/mol. The quantitative estimate of drug-likeness (QED) is 0.401. The van der Waals surface area contributed by atoms with E-state index in [9.17, 15) is 4.55 Å². The molecule has 3 N–H and O–H groups in total. The summed E-state index contributed by atoms with van der Waals surface area (Å²) < 4.78 is 15.5. The highest BCUT2D eigenvalue weighted by atomic mass is 32.2. The second kappa shape index (κ2) is 7.04. The van der Waals surface area contributed by atoms with Crippen molar-refractivity contribution in [1.29, 1.82) is 0 Å². The lowest BCUT2D eigenvalue weighted by atomic mass is 10.0. The molecule has 31 heavy (non-hydrogen) atoms. The predicted octanol–water partition coefficient (Wildman–Crippen LogP) is 3.99. The van der Waals surface area contributed by atoms with Crippen molar-refractivity contribution >= 4 is 44.2 Å². The van der Waals surface area contributed by atoms with E-state index >= 15 is 0 Å². The number of rotatable bonds is 4. The number of imidazole rings is 1. The van der Waals surface area contributed by atoms with Gasteiger partial charge in [-0.1, -0.05) is 11.3 Å². The Morgan fingerprint density at radius 2 is 2.13 bits per heavy atom. The standard InChI is InChI=1S/C21H20N7OS2/c1-27-16(5-6-25-27)14-9-15(12-10-24-21-23-7-8-28(21)11-12)26-19-17(14)18(22)20(30-19)31(29)13-3-2-4-13/h5-11,13,29H,2-4,22H2,1H3/q+1. The minimum Gasteiger partial charge on any atom is -0.393 e. The molecule has 0 aliphatic heterocycles. The van der Waals surface area contributed by atoms with Gasteiger partial charge in [0, 0.05) is 54.5 Å². The van der Waals surface area contributed by atoms with Crippen molar-refractivity contribution in [2.45, 2.75) is 28.7 Å². The Labute approximate surface area is 185 Å². The number of aryl methyl sites for hydroxylation is 1. The zero-order valence-corrected chi connectivity index (χ0v) is 18.4. The zero-order valence-electron chi connectivity index (χ0n) is 16.8. The molecule has 5 heterocycles. The van der Waals surface area contributed by atoms with E-state index in [1.807, 2.05) is 40.7 Å². The Hall–Kier alpha value is -2.95. The first-order valence-electron chi connectivity index (χ1n) is 10.0. The van der Waals surface area contributed by atoms with Gasteiger partial charge in [0.1, 0.15) is 10.5 Å². The van der Waals surface area contributed by atoms with Gasteiger partial charge < -0.3 is 5.73 Å². The number of thiophene rings is 1. The topological polar surface area (TPSA) is 107 Å². The van der Waals surface area contributed by atoms with Crippen LogP contribution in [0, 0.1) is 0 Å². The third-order valence-electron chi connectivity index (χ3n) is 5.86. The second-order valence-corrected chi connectivity index (χ2v) is 10.7. The molecule has 0 aromatic carbocycles. The predicted molar refractivity (Wildman–Crippen MR) is 124 cm³/mol. The van der Waals surface area contributed by atoms with E-state index in [-0.39, 0.29) is 0 Å². The molecule has 1 aliphatic carbocycles. The molecule has 0 saturated heterocycles. The third-order valence-corrected chi connectivity index (χ3v) is 9.22. The monoisotopic (exact) mass is 450 g/mol. The van der Waals surface area contributed by atoms with Gasteiger partial charge in [0.05, 0.1) is 11.4 Å². The first-order chi connectivity index (χ1) is 15.1. The molecule has 1 fully saturated rings. The molecule has 8 nitrogen and oxygen atoms in total. The molecular formula is C21H20N7OS2+. The minimum absolute atomic E-state index is 0.308. The Bertz CT molecular complexity index is 1430. The first-order valence-corrected chi connectivity index (χ1v) is 12.1. The Morgan fingerprint density at radius 3 is 2.87 bits per heavy atom. The molecule has 6 rings (SSSR count). The van der Waals surface area contributed by atoms with Crippen molar-refractivity contribution in [2.75, 3.05) is 5.73 Å². The summed E-state index contributed by atoms with van der Waals surface area (Å²) in [6, 6.07) is 4.00. The van der Waals surface area contributed by atoms with E-state index in [4.69, 9.17) is 10.7 Å². The van der Waals surface area contributed by atoms with Crippen LogP contribution in [0.3, 0.4) is 0 Å². The van der Waals surface area contributed by atoms with Gasteiger partial charge in [-0.15, -0.1) is 0 Å². The third kappa shape index (κ3) is 2.93. The van der Waals surface area contributed by atoms with Gasteiger partial charge in [-0.3, -0.25) is 9.08 Å². The van der Waals surface area contributed by atoms with Crippen molar-refractivity contribution in [3.05, 3.63) is 43.1 Å².